The van der Waals surface area contributed by atoms with E-state index in [1.165, 1.54) is 0 Å². The lowest BCUT2D eigenvalue weighted by atomic mass is 10.2. The smallest absolute Gasteiger partial charge is 0.264 e. The fourth-order valence-corrected chi connectivity index (χ4v) is 0.877. The van der Waals surface area contributed by atoms with Gasteiger partial charge in [0.1, 0.15) is 0 Å². The van der Waals surface area contributed by atoms with Gasteiger partial charge in [0.15, 0.2) is 17.5 Å². The summed E-state index contributed by atoms with van der Waals surface area (Å²) in [6, 6.07) is 1.26. The highest BCUT2D eigenvalue weighted by Crippen LogP contribution is 2.16. The highest BCUT2D eigenvalue weighted by molar-refractivity contribution is 5.93. The predicted octanol–water partition coefficient (Wildman–Crippen LogP) is 1.50. The normalized spacial score (nSPS) is 10.2. The molecule has 0 radical (unpaired) electrons. The first-order valence-corrected chi connectivity index (χ1v) is 3.70. The van der Waals surface area contributed by atoms with E-state index < -0.39 is 28.9 Å². The molecule has 0 saturated heterocycles. The van der Waals surface area contributed by atoms with Crippen LogP contribution in [0.2, 0.25) is 0 Å². The largest absolute Gasteiger partial charge is 0.306 e. The van der Waals surface area contributed by atoms with Crippen molar-refractivity contribution in [2.45, 2.75) is 0 Å². The second kappa shape index (κ2) is 4.28. The van der Waals surface area contributed by atoms with E-state index >= 15 is 0 Å². The number of nitrogens with zero attached hydrogens (tertiary/aromatic N) is 1. The zero-order chi connectivity index (χ0) is 11.6. The molecular weight excluding hydrogens is 215 g/mol. The lowest BCUT2D eigenvalue weighted by Gasteiger charge is -2.11. The molecule has 7 heteroatoms. The highest BCUT2D eigenvalue weighted by atomic mass is 19.2. The minimum Gasteiger partial charge on any atom is -0.264 e. The van der Waals surface area contributed by atoms with Gasteiger partial charge in [-0.1, -0.05) is 5.23 Å². The fraction of sp³-hybridized carbons (Fsp3) is 0.125. The Balaban J connectivity index is 3.16. The third-order valence-electron chi connectivity index (χ3n) is 1.61. The molecule has 1 rings (SSSR count). The molecule has 0 saturated carbocycles. The van der Waals surface area contributed by atoms with Crippen LogP contribution >= 0.6 is 0 Å². The zero-order valence-corrected chi connectivity index (χ0v) is 7.50. The number of rotatable bonds is 2. The van der Waals surface area contributed by atoms with Gasteiger partial charge in [0.05, 0.1) is 12.7 Å². The SMILES string of the molecule is CON(O)C(=O)c1ccc(F)c(F)c1F. The fourth-order valence-electron chi connectivity index (χ4n) is 0.877. The Morgan fingerprint density at radius 2 is 1.93 bits per heavy atom. The Hall–Kier alpha value is -1.60. The van der Waals surface area contributed by atoms with Gasteiger partial charge in [-0.2, -0.15) is 0 Å². The molecule has 0 spiro atoms. The Bertz CT molecular complexity index is 397. The standard InChI is InChI=1S/C8H6F3NO3/c1-15-12(14)8(13)4-2-3-5(9)7(11)6(4)10/h2-3,14H,1H3. The molecule has 1 amide bonds. The van der Waals surface area contributed by atoms with Gasteiger partial charge in [0.25, 0.3) is 0 Å². The van der Waals surface area contributed by atoms with Gasteiger partial charge in [0.2, 0.25) is 0 Å². The molecule has 1 aromatic carbocycles. The number of carbonyl (C=O) groups is 1. The van der Waals surface area contributed by atoms with Gasteiger partial charge in [-0.25, -0.2) is 18.0 Å². The van der Waals surface area contributed by atoms with Crippen LogP contribution in [0.25, 0.3) is 0 Å². The van der Waals surface area contributed by atoms with E-state index in [0.29, 0.717) is 12.1 Å². The zero-order valence-electron chi connectivity index (χ0n) is 7.50. The van der Waals surface area contributed by atoms with Gasteiger partial charge >= 0.3 is 5.91 Å². The van der Waals surface area contributed by atoms with E-state index in [2.05, 4.69) is 4.84 Å². The lowest BCUT2D eigenvalue weighted by molar-refractivity contribution is -0.280. The molecule has 0 aliphatic carbocycles. The van der Waals surface area contributed by atoms with Crippen molar-refractivity contribution >= 4 is 5.91 Å². The summed E-state index contributed by atoms with van der Waals surface area (Å²) in [7, 11) is 0.940. The van der Waals surface area contributed by atoms with Crippen LogP contribution in [-0.2, 0) is 4.84 Å². The number of hydrogen-bond donors (Lipinski definition) is 1. The molecule has 82 valence electrons. The molecule has 4 nitrogen and oxygen atoms in total. The maximum Gasteiger partial charge on any atom is 0.306 e. The summed E-state index contributed by atoms with van der Waals surface area (Å²) < 4.78 is 38.1. The third-order valence-corrected chi connectivity index (χ3v) is 1.61. The van der Waals surface area contributed by atoms with Crippen LogP contribution in [-0.4, -0.2) is 23.5 Å². The van der Waals surface area contributed by atoms with Gasteiger partial charge in [-0.15, -0.1) is 0 Å². The van der Waals surface area contributed by atoms with Crippen molar-refractivity contribution in [3.8, 4) is 0 Å². The van der Waals surface area contributed by atoms with Crippen LogP contribution in [0, 0.1) is 17.5 Å². The van der Waals surface area contributed by atoms with Gasteiger partial charge in [-0.3, -0.25) is 10.0 Å². The Morgan fingerprint density at radius 3 is 2.47 bits per heavy atom. The monoisotopic (exact) mass is 221 g/mol. The average molecular weight is 221 g/mol. The summed E-state index contributed by atoms with van der Waals surface area (Å²) >= 11 is 0. The third kappa shape index (κ3) is 2.08. The summed E-state index contributed by atoms with van der Waals surface area (Å²) in [6.07, 6.45) is 0. The van der Waals surface area contributed by atoms with Crippen molar-refractivity contribution < 1.29 is 28.0 Å². The first kappa shape index (κ1) is 11.5. The Morgan fingerprint density at radius 1 is 1.33 bits per heavy atom. The number of hydrogen-bond acceptors (Lipinski definition) is 3. The Kier molecular flexibility index (Phi) is 3.28. The topological polar surface area (TPSA) is 49.8 Å². The second-order valence-electron chi connectivity index (χ2n) is 2.48. The minimum absolute atomic E-state index is 0.296. The summed E-state index contributed by atoms with van der Waals surface area (Å²) in [5.74, 6) is -6.23. The maximum absolute atomic E-state index is 13.0. The number of benzene rings is 1. The molecular formula is C8H6F3NO3. The van der Waals surface area contributed by atoms with Crippen molar-refractivity contribution in [2.24, 2.45) is 0 Å². The molecule has 0 atom stereocenters. The van der Waals surface area contributed by atoms with Crippen LogP contribution in [0.4, 0.5) is 13.2 Å². The van der Waals surface area contributed by atoms with E-state index in [9.17, 15) is 18.0 Å². The quantitative estimate of drug-likeness (QED) is 0.467. The second-order valence-corrected chi connectivity index (χ2v) is 2.48. The van der Waals surface area contributed by atoms with E-state index in [-0.39, 0.29) is 5.23 Å². The number of hydroxylamine groups is 2. The number of carbonyl (C=O) groups excluding carboxylic acids is 1. The first-order chi connectivity index (χ1) is 6.99. The van der Waals surface area contributed by atoms with Crippen molar-refractivity contribution in [2.75, 3.05) is 7.11 Å². The number of halogens is 3. The highest BCUT2D eigenvalue weighted by Gasteiger charge is 2.22. The van der Waals surface area contributed by atoms with Crippen molar-refractivity contribution in [3.05, 3.63) is 35.1 Å². The van der Waals surface area contributed by atoms with Crippen LogP contribution < -0.4 is 0 Å². The molecule has 1 aromatic rings. The molecule has 0 fully saturated rings. The Labute approximate surface area is 82.4 Å². The van der Waals surface area contributed by atoms with Crippen LogP contribution in [0.3, 0.4) is 0 Å². The molecule has 0 aromatic heterocycles. The van der Waals surface area contributed by atoms with Crippen LogP contribution in [0.1, 0.15) is 10.4 Å². The van der Waals surface area contributed by atoms with Gasteiger partial charge < -0.3 is 0 Å². The van der Waals surface area contributed by atoms with Gasteiger partial charge in [0, 0.05) is 0 Å². The van der Waals surface area contributed by atoms with Crippen molar-refractivity contribution in [1.82, 2.24) is 5.23 Å². The summed E-state index contributed by atoms with van der Waals surface area (Å²) in [4.78, 5) is 15.1. The molecule has 0 heterocycles. The van der Waals surface area contributed by atoms with E-state index in [1.54, 1.807) is 0 Å². The molecule has 0 unspecified atom stereocenters. The maximum atomic E-state index is 13.0. The van der Waals surface area contributed by atoms with E-state index in [0.717, 1.165) is 7.11 Å². The van der Waals surface area contributed by atoms with E-state index in [4.69, 9.17) is 5.21 Å². The summed E-state index contributed by atoms with van der Waals surface area (Å²) in [5, 5.41) is 8.45. The van der Waals surface area contributed by atoms with Crippen molar-refractivity contribution in [3.63, 3.8) is 0 Å². The predicted molar refractivity (Wildman–Crippen MR) is 41.3 cm³/mol. The number of amides is 1. The van der Waals surface area contributed by atoms with Gasteiger partial charge in [-0.05, 0) is 12.1 Å². The van der Waals surface area contributed by atoms with Crippen LogP contribution in [0.5, 0.6) is 0 Å². The molecule has 0 aliphatic heterocycles. The molecule has 15 heavy (non-hydrogen) atoms. The van der Waals surface area contributed by atoms with E-state index in [1.807, 2.05) is 0 Å². The summed E-state index contributed by atoms with van der Waals surface area (Å²) in [5.41, 5.74) is -0.835. The van der Waals surface area contributed by atoms with Crippen LogP contribution in [0.15, 0.2) is 12.1 Å². The van der Waals surface area contributed by atoms with Crippen molar-refractivity contribution in [1.29, 1.82) is 0 Å². The first-order valence-electron chi connectivity index (χ1n) is 3.70. The summed E-state index contributed by atoms with van der Waals surface area (Å²) in [6.45, 7) is 0. The molecule has 0 bridgehead atoms. The minimum atomic E-state index is -1.79. The lowest BCUT2D eigenvalue weighted by Crippen LogP contribution is -2.27. The molecule has 1 N–H and O–H groups in total. The molecule has 0 aliphatic rings. The average Bonchev–Trinajstić information content (AvgIpc) is 2.24.